The Balaban J connectivity index is 2.48. The number of nitrogens with two attached hydrogens (primary N) is 1. The molecule has 0 saturated heterocycles. The molecule has 3 nitrogen and oxygen atoms in total. The van der Waals surface area contributed by atoms with Crippen molar-refractivity contribution in [2.45, 2.75) is 52.1 Å². The standard InChI is InChI=1S/C10H20N2O/c1-9(2,3)7(11)8(13)12-10(4)5-6-10/h7H,5-6,11H2,1-4H3,(H,12,13)/t7-/m1/s1. The molecule has 0 unspecified atom stereocenters. The molecular formula is C10H20N2O. The molecule has 3 N–H and O–H groups in total. The third kappa shape index (κ3) is 2.69. The van der Waals surface area contributed by atoms with Crippen LogP contribution in [0.15, 0.2) is 0 Å². The van der Waals surface area contributed by atoms with Gasteiger partial charge in [-0.1, -0.05) is 20.8 Å². The summed E-state index contributed by atoms with van der Waals surface area (Å²) in [7, 11) is 0. The summed E-state index contributed by atoms with van der Waals surface area (Å²) < 4.78 is 0. The number of nitrogens with one attached hydrogen (secondary N) is 1. The molecule has 0 aromatic carbocycles. The quantitative estimate of drug-likeness (QED) is 0.673. The molecule has 0 aliphatic heterocycles. The Morgan fingerprint density at radius 1 is 1.46 bits per heavy atom. The summed E-state index contributed by atoms with van der Waals surface area (Å²) >= 11 is 0. The number of carbonyl (C=O) groups is 1. The van der Waals surface area contributed by atoms with Gasteiger partial charge in [-0.3, -0.25) is 4.79 Å². The lowest BCUT2D eigenvalue weighted by Gasteiger charge is -2.27. The molecule has 1 aliphatic rings. The van der Waals surface area contributed by atoms with Gasteiger partial charge in [0.15, 0.2) is 0 Å². The van der Waals surface area contributed by atoms with Crippen molar-refractivity contribution >= 4 is 5.91 Å². The Morgan fingerprint density at radius 2 is 1.92 bits per heavy atom. The van der Waals surface area contributed by atoms with Gasteiger partial charge in [0.2, 0.25) is 5.91 Å². The van der Waals surface area contributed by atoms with Gasteiger partial charge < -0.3 is 11.1 Å². The number of hydrogen-bond acceptors (Lipinski definition) is 2. The van der Waals surface area contributed by atoms with Gasteiger partial charge in [-0.05, 0) is 25.2 Å². The highest BCUT2D eigenvalue weighted by molar-refractivity contribution is 5.83. The second-order valence-electron chi connectivity index (χ2n) is 5.39. The van der Waals surface area contributed by atoms with E-state index >= 15 is 0 Å². The predicted molar refractivity (Wildman–Crippen MR) is 53.2 cm³/mol. The lowest BCUT2D eigenvalue weighted by molar-refractivity contribution is -0.125. The molecule has 76 valence electrons. The predicted octanol–water partition coefficient (Wildman–Crippen LogP) is 1.03. The first-order valence-corrected chi connectivity index (χ1v) is 4.82. The van der Waals surface area contributed by atoms with Crippen LogP contribution in [0.2, 0.25) is 0 Å². The van der Waals surface area contributed by atoms with Gasteiger partial charge in [-0.2, -0.15) is 0 Å². The van der Waals surface area contributed by atoms with E-state index in [0.29, 0.717) is 0 Å². The van der Waals surface area contributed by atoms with Crippen LogP contribution in [-0.4, -0.2) is 17.5 Å². The van der Waals surface area contributed by atoms with E-state index in [1.807, 2.05) is 20.8 Å². The van der Waals surface area contributed by atoms with Gasteiger partial charge in [0.1, 0.15) is 0 Å². The molecule has 0 bridgehead atoms. The summed E-state index contributed by atoms with van der Waals surface area (Å²) in [5, 5.41) is 2.97. The van der Waals surface area contributed by atoms with E-state index in [-0.39, 0.29) is 16.9 Å². The van der Waals surface area contributed by atoms with Crippen molar-refractivity contribution < 1.29 is 4.79 Å². The van der Waals surface area contributed by atoms with E-state index in [1.54, 1.807) is 0 Å². The smallest absolute Gasteiger partial charge is 0.237 e. The molecule has 1 aliphatic carbocycles. The second-order valence-corrected chi connectivity index (χ2v) is 5.39. The van der Waals surface area contributed by atoms with E-state index in [1.165, 1.54) is 0 Å². The Hall–Kier alpha value is -0.570. The fourth-order valence-electron chi connectivity index (χ4n) is 1.08. The molecule has 0 radical (unpaired) electrons. The summed E-state index contributed by atoms with van der Waals surface area (Å²) in [4.78, 5) is 11.6. The summed E-state index contributed by atoms with van der Waals surface area (Å²) in [6.07, 6.45) is 2.16. The largest absolute Gasteiger partial charge is 0.350 e. The van der Waals surface area contributed by atoms with E-state index < -0.39 is 6.04 Å². The van der Waals surface area contributed by atoms with Crippen LogP contribution in [0.25, 0.3) is 0 Å². The summed E-state index contributed by atoms with van der Waals surface area (Å²) in [5.74, 6) is -0.0208. The summed E-state index contributed by atoms with van der Waals surface area (Å²) in [6, 6.07) is -0.412. The lowest BCUT2D eigenvalue weighted by Crippen LogP contribution is -2.51. The minimum Gasteiger partial charge on any atom is -0.350 e. The number of rotatable bonds is 2. The molecule has 13 heavy (non-hydrogen) atoms. The molecule has 1 amide bonds. The topological polar surface area (TPSA) is 55.1 Å². The maximum atomic E-state index is 11.6. The highest BCUT2D eigenvalue weighted by atomic mass is 16.2. The van der Waals surface area contributed by atoms with Gasteiger partial charge in [-0.25, -0.2) is 0 Å². The third-order valence-corrected chi connectivity index (χ3v) is 2.64. The van der Waals surface area contributed by atoms with Gasteiger partial charge in [0.05, 0.1) is 6.04 Å². The molecule has 1 atom stereocenters. The summed E-state index contributed by atoms with van der Waals surface area (Å²) in [5.41, 5.74) is 5.70. The van der Waals surface area contributed by atoms with E-state index in [0.717, 1.165) is 12.8 Å². The van der Waals surface area contributed by atoms with Crippen molar-refractivity contribution in [2.75, 3.05) is 0 Å². The normalized spacial score (nSPS) is 22.2. The Kier molecular flexibility index (Phi) is 2.41. The molecule has 3 heteroatoms. The fourth-order valence-corrected chi connectivity index (χ4v) is 1.08. The van der Waals surface area contributed by atoms with Crippen LogP contribution < -0.4 is 11.1 Å². The van der Waals surface area contributed by atoms with Gasteiger partial charge in [-0.15, -0.1) is 0 Å². The highest BCUT2D eigenvalue weighted by Gasteiger charge is 2.41. The molecule has 0 aromatic heterocycles. The van der Waals surface area contributed by atoms with Crippen LogP contribution in [0.4, 0.5) is 0 Å². The van der Waals surface area contributed by atoms with E-state index in [2.05, 4.69) is 12.2 Å². The van der Waals surface area contributed by atoms with Crippen LogP contribution in [0, 0.1) is 5.41 Å². The monoisotopic (exact) mass is 184 g/mol. The van der Waals surface area contributed by atoms with Crippen molar-refractivity contribution in [3.63, 3.8) is 0 Å². The highest BCUT2D eigenvalue weighted by Crippen LogP contribution is 2.34. The zero-order valence-corrected chi connectivity index (χ0v) is 8.98. The van der Waals surface area contributed by atoms with Crippen molar-refractivity contribution in [1.29, 1.82) is 0 Å². The summed E-state index contributed by atoms with van der Waals surface area (Å²) in [6.45, 7) is 7.99. The minimum absolute atomic E-state index is 0.0208. The zero-order valence-electron chi connectivity index (χ0n) is 8.98. The average Bonchev–Trinajstić information content (AvgIpc) is 2.64. The number of hydrogen-bond donors (Lipinski definition) is 2. The number of carbonyl (C=O) groups excluding carboxylic acids is 1. The first-order valence-electron chi connectivity index (χ1n) is 4.82. The first kappa shape index (κ1) is 10.5. The van der Waals surface area contributed by atoms with E-state index in [9.17, 15) is 4.79 Å². The molecular weight excluding hydrogens is 164 g/mol. The molecule has 1 fully saturated rings. The van der Waals surface area contributed by atoms with Crippen LogP contribution in [0.5, 0.6) is 0 Å². The third-order valence-electron chi connectivity index (χ3n) is 2.64. The van der Waals surface area contributed by atoms with Crippen LogP contribution in [-0.2, 0) is 4.79 Å². The van der Waals surface area contributed by atoms with Crippen LogP contribution in [0.3, 0.4) is 0 Å². The van der Waals surface area contributed by atoms with Crippen molar-refractivity contribution in [1.82, 2.24) is 5.32 Å². The average molecular weight is 184 g/mol. The Bertz CT molecular complexity index is 213. The number of amides is 1. The molecule has 1 rings (SSSR count). The molecule has 0 heterocycles. The Labute approximate surface area is 80.1 Å². The van der Waals surface area contributed by atoms with Crippen molar-refractivity contribution in [3.8, 4) is 0 Å². The maximum Gasteiger partial charge on any atom is 0.237 e. The first-order chi connectivity index (χ1) is 5.75. The molecule has 0 spiro atoms. The maximum absolute atomic E-state index is 11.6. The molecule has 0 aromatic rings. The minimum atomic E-state index is -0.412. The second kappa shape index (κ2) is 2.98. The van der Waals surface area contributed by atoms with Crippen LogP contribution in [0.1, 0.15) is 40.5 Å². The van der Waals surface area contributed by atoms with E-state index in [4.69, 9.17) is 5.73 Å². The van der Waals surface area contributed by atoms with Crippen molar-refractivity contribution in [3.05, 3.63) is 0 Å². The Morgan fingerprint density at radius 3 is 2.23 bits per heavy atom. The SMILES string of the molecule is CC1(NC(=O)[C@@H](N)C(C)(C)C)CC1. The van der Waals surface area contributed by atoms with Crippen molar-refractivity contribution in [2.24, 2.45) is 11.1 Å². The van der Waals surface area contributed by atoms with Gasteiger partial charge in [0, 0.05) is 5.54 Å². The van der Waals surface area contributed by atoms with Gasteiger partial charge >= 0.3 is 0 Å². The molecule has 1 saturated carbocycles. The lowest BCUT2D eigenvalue weighted by atomic mass is 9.87. The van der Waals surface area contributed by atoms with Gasteiger partial charge in [0.25, 0.3) is 0 Å². The zero-order chi connectivity index (χ0) is 10.3. The van der Waals surface area contributed by atoms with Crippen LogP contribution >= 0.6 is 0 Å². The fraction of sp³-hybridized carbons (Fsp3) is 0.900.